The summed E-state index contributed by atoms with van der Waals surface area (Å²) in [5, 5.41) is 1.02. The van der Waals surface area contributed by atoms with E-state index in [0.717, 1.165) is 27.6 Å². The van der Waals surface area contributed by atoms with Crippen LogP contribution in [0.25, 0.3) is 0 Å². The van der Waals surface area contributed by atoms with Gasteiger partial charge in [0.15, 0.2) is 0 Å². The van der Waals surface area contributed by atoms with E-state index in [-0.39, 0.29) is 0 Å². The summed E-state index contributed by atoms with van der Waals surface area (Å²) in [6.07, 6.45) is 1.79. The maximum Gasteiger partial charge on any atom is 0.110 e. The topological polar surface area (TPSA) is 22.1 Å². The third kappa shape index (κ3) is 4.68. The molecular weight excluding hydrogens is 282 g/mol. The van der Waals surface area contributed by atoms with E-state index in [2.05, 4.69) is 33.5 Å². The standard InChI is InChI=1S/C9H12BrNOS2/c10-8-2-1-3-11-9(8)14-7-5-12-4-6-13/h1-3,13H,4-7H2. The first kappa shape index (κ1) is 12.4. The van der Waals surface area contributed by atoms with Gasteiger partial charge in [-0.1, -0.05) is 0 Å². The highest BCUT2D eigenvalue weighted by Crippen LogP contribution is 2.23. The van der Waals surface area contributed by atoms with Gasteiger partial charge in [0.25, 0.3) is 0 Å². The van der Waals surface area contributed by atoms with E-state index < -0.39 is 0 Å². The first-order valence-electron chi connectivity index (χ1n) is 4.26. The van der Waals surface area contributed by atoms with E-state index in [1.165, 1.54) is 0 Å². The predicted octanol–water partition coefficient (Wildman–Crippen LogP) is 2.88. The molecule has 5 heteroatoms. The second-order valence-electron chi connectivity index (χ2n) is 2.47. The predicted molar refractivity (Wildman–Crippen MR) is 67.3 cm³/mol. The van der Waals surface area contributed by atoms with Gasteiger partial charge < -0.3 is 4.74 Å². The van der Waals surface area contributed by atoms with E-state index in [4.69, 9.17) is 4.74 Å². The van der Waals surface area contributed by atoms with Crippen LogP contribution < -0.4 is 0 Å². The van der Waals surface area contributed by atoms with Gasteiger partial charge in [-0.2, -0.15) is 12.6 Å². The second-order valence-corrected chi connectivity index (χ2v) is 4.86. The van der Waals surface area contributed by atoms with Crippen LogP contribution in [0.2, 0.25) is 0 Å². The van der Waals surface area contributed by atoms with E-state index in [1.54, 1.807) is 18.0 Å². The van der Waals surface area contributed by atoms with Crippen molar-refractivity contribution < 1.29 is 4.74 Å². The quantitative estimate of drug-likeness (QED) is 0.495. The van der Waals surface area contributed by atoms with Gasteiger partial charge in [-0.05, 0) is 28.1 Å². The molecule has 0 amide bonds. The van der Waals surface area contributed by atoms with Crippen molar-refractivity contribution in [2.45, 2.75) is 5.03 Å². The molecule has 1 heterocycles. The molecule has 0 aliphatic rings. The Kier molecular flexibility index (Phi) is 6.68. The second kappa shape index (κ2) is 7.56. The van der Waals surface area contributed by atoms with Gasteiger partial charge in [-0.25, -0.2) is 4.98 Å². The molecule has 0 aliphatic carbocycles. The van der Waals surface area contributed by atoms with Crippen molar-refractivity contribution in [3.63, 3.8) is 0 Å². The van der Waals surface area contributed by atoms with Crippen LogP contribution in [0.5, 0.6) is 0 Å². The number of thiol groups is 1. The molecule has 78 valence electrons. The number of aromatic nitrogens is 1. The SMILES string of the molecule is SCCOCCSc1ncccc1Br. The van der Waals surface area contributed by atoms with Crippen LogP contribution in [-0.2, 0) is 4.74 Å². The number of hydrogen-bond acceptors (Lipinski definition) is 4. The van der Waals surface area contributed by atoms with Crippen molar-refractivity contribution in [1.29, 1.82) is 0 Å². The molecular formula is C9H12BrNOS2. The lowest BCUT2D eigenvalue weighted by Crippen LogP contribution is -2.00. The van der Waals surface area contributed by atoms with Crippen molar-refractivity contribution in [3.05, 3.63) is 22.8 Å². The van der Waals surface area contributed by atoms with Crippen LogP contribution >= 0.6 is 40.3 Å². The third-order valence-electron chi connectivity index (χ3n) is 1.43. The monoisotopic (exact) mass is 293 g/mol. The molecule has 0 radical (unpaired) electrons. The Balaban J connectivity index is 2.21. The van der Waals surface area contributed by atoms with Gasteiger partial charge in [-0.3, -0.25) is 0 Å². The first-order valence-corrected chi connectivity index (χ1v) is 6.67. The molecule has 0 unspecified atom stereocenters. The zero-order valence-electron chi connectivity index (χ0n) is 7.65. The van der Waals surface area contributed by atoms with Crippen molar-refractivity contribution in [1.82, 2.24) is 4.98 Å². The minimum absolute atomic E-state index is 0.715. The molecule has 0 aliphatic heterocycles. The summed E-state index contributed by atoms with van der Waals surface area (Å²) < 4.78 is 6.35. The van der Waals surface area contributed by atoms with Gasteiger partial charge >= 0.3 is 0 Å². The molecule has 1 aromatic rings. The molecule has 2 nitrogen and oxygen atoms in total. The Hall–Kier alpha value is 0.290. The van der Waals surface area contributed by atoms with Crippen LogP contribution in [-0.4, -0.2) is 29.7 Å². The zero-order valence-corrected chi connectivity index (χ0v) is 10.9. The maximum absolute atomic E-state index is 5.30. The zero-order chi connectivity index (χ0) is 10.2. The fourth-order valence-electron chi connectivity index (χ4n) is 0.841. The fourth-order valence-corrected chi connectivity index (χ4v) is 2.30. The Bertz CT molecular complexity index is 273. The average molecular weight is 294 g/mol. The number of nitrogens with zero attached hydrogens (tertiary/aromatic N) is 1. The Morgan fingerprint density at radius 2 is 2.36 bits per heavy atom. The summed E-state index contributed by atoms with van der Waals surface area (Å²) in [7, 11) is 0. The van der Waals surface area contributed by atoms with Crippen LogP contribution in [0.1, 0.15) is 0 Å². The average Bonchev–Trinajstić information content (AvgIpc) is 2.20. The normalized spacial score (nSPS) is 10.4. The number of thioether (sulfide) groups is 1. The van der Waals surface area contributed by atoms with Gasteiger partial charge in [0, 0.05) is 22.2 Å². The highest BCUT2D eigenvalue weighted by Gasteiger charge is 1.99. The van der Waals surface area contributed by atoms with E-state index in [1.807, 2.05) is 12.1 Å². The summed E-state index contributed by atoms with van der Waals surface area (Å²) in [4.78, 5) is 4.24. The lowest BCUT2D eigenvalue weighted by atomic mass is 10.5. The van der Waals surface area contributed by atoms with Gasteiger partial charge in [-0.15, -0.1) is 11.8 Å². The van der Waals surface area contributed by atoms with Crippen LogP contribution in [0.4, 0.5) is 0 Å². The molecule has 0 saturated heterocycles. The Labute approximate surface area is 102 Å². The number of hydrogen-bond donors (Lipinski definition) is 1. The van der Waals surface area contributed by atoms with Crippen molar-refractivity contribution >= 4 is 40.3 Å². The number of ether oxygens (including phenoxy) is 1. The minimum atomic E-state index is 0.715. The summed E-state index contributed by atoms with van der Waals surface area (Å²) in [6, 6.07) is 3.90. The number of rotatable bonds is 6. The smallest absolute Gasteiger partial charge is 0.110 e. The molecule has 0 atom stereocenters. The van der Waals surface area contributed by atoms with Crippen LogP contribution in [0.3, 0.4) is 0 Å². The molecule has 1 aromatic heterocycles. The first-order chi connectivity index (χ1) is 6.84. The molecule has 0 bridgehead atoms. The molecule has 0 spiro atoms. The van der Waals surface area contributed by atoms with Gasteiger partial charge in [0.05, 0.1) is 13.2 Å². The maximum atomic E-state index is 5.30. The van der Waals surface area contributed by atoms with Gasteiger partial charge in [0.1, 0.15) is 5.03 Å². The highest BCUT2D eigenvalue weighted by atomic mass is 79.9. The third-order valence-corrected chi connectivity index (χ3v) is 3.48. The summed E-state index contributed by atoms with van der Waals surface area (Å²) >= 11 is 9.19. The van der Waals surface area contributed by atoms with Crippen LogP contribution in [0.15, 0.2) is 27.8 Å². The number of halogens is 1. The molecule has 1 rings (SSSR count). The molecule has 0 saturated carbocycles. The molecule has 0 fully saturated rings. The van der Waals surface area contributed by atoms with Crippen molar-refractivity contribution in [2.75, 3.05) is 24.7 Å². The summed E-state index contributed by atoms with van der Waals surface area (Å²) in [5.74, 6) is 1.70. The van der Waals surface area contributed by atoms with E-state index in [0.29, 0.717) is 6.61 Å². The van der Waals surface area contributed by atoms with Crippen LogP contribution in [0, 0.1) is 0 Å². The summed E-state index contributed by atoms with van der Waals surface area (Å²) in [6.45, 7) is 1.46. The molecule has 0 N–H and O–H groups in total. The Morgan fingerprint density at radius 3 is 3.07 bits per heavy atom. The minimum Gasteiger partial charge on any atom is -0.380 e. The van der Waals surface area contributed by atoms with Gasteiger partial charge in [0.2, 0.25) is 0 Å². The lowest BCUT2D eigenvalue weighted by Gasteiger charge is -2.03. The van der Waals surface area contributed by atoms with E-state index in [9.17, 15) is 0 Å². The van der Waals surface area contributed by atoms with Crippen molar-refractivity contribution in [3.8, 4) is 0 Å². The summed E-state index contributed by atoms with van der Waals surface area (Å²) in [5.41, 5.74) is 0. The highest BCUT2D eigenvalue weighted by molar-refractivity contribution is 9.10. The Morgan fingerprint density at radius 1 is 1.50 bits per heavy atom. The number of pyridine rings is 1. The molecule has 14 heavy (non-hydrogen) atoms. The fraction of sp³-hybridized carbons (Fsp3) is 0.444. The lowest BCUT2D eigenvalue weighted by molar-refractivity contribution is 0.167. The molecule has 0 aromatic carbocycles. The van der Waals surface area contributed by atoms with Crippen molar-refractivity contribution in [2.24, 2.45) is 0 Å². The van der Waals surface area contributed by atoms with E-state index >= 15 is 0 Å². The largest absolute Gasteiger partial charge is 0.380 e.